The van der Waals surface area contributed by atoms with E-state index in [0.717, 1.165) is 57.0 Å². The number of anilines is 1. The van der Waals surface area contributed by atoms with Gasteiger partial charge in [-0.15, -0.1) is 0 Å². The van der Waals surface area contributed by atoms with Crippen LogP contribution in [0.5, 0.6) is 0 Å². The van der Waals surface area contributed by atoms with Crippen LogP contribution in [0.25, 0.3) is 22.2 Å². The van der Waals surface area contributed by atoms with Crippen LogP contribution in [0.4, 0.5) is 5.82 Å². The monoisotopic (exact) mass is 395 g/mol. The van der Waals surface area contributed by atoms with Gasteiger partial charge in [-0.2, -0.15) is 5.10 Å². The van der Waals surface area contributed by atoms with E-state index < -0.39 is 0 Å². The highest BCUT2D eigenvalue weighted by Crippen LogP contribution is 2.33. The molecular formula is C25H25N5. The lowest BCUT2D eigenvalue weighted by atomic mass is 9.90. The van der Waals surface area contributed by atoms with Crippen molar-refractivity contribution < 1.29 is 0 Å². The van der Waals surface area contributed by atoms with Gasteiger partial charge >= 0.3 is 0 Å². The Morgan fingerprint density at radius 1 is 0.767 bits per heavy atom. The number of benzene rings is 2. The molecule has 0 radical (unpaired) electrons. The van der Waals surface area contributed by atoms with Crippen molar-refractivity contribution in [1.29, 1.82) is 0 Å². The first-order valence-corrected chi connectivity index (χ1v) is 10.8. The van der Waals surface area contributed by atoms with E-state index in [2.05, 4.69) is 81.3 Å². The van der Waals surface area contributed by atoms with E-state index in [4.69, 9.17) is 10.1 Å². The number of fused-ring (bicyclic) bond motifs is 4. The standard InChI is InChI=1S/C25H25N5/c1-3-7-22-19(5-1)9-10-21-17-26-30(25(21)22)18-28-13-15-29(16-14-28)24-12-11-20-6-2-4-8-23(20)27-24/h1-8,11-12,17H,9-10,13-16,18H2. The molecule has 5 heteroatoms. The second-order valence-electron chi connectivity index (χ2n) is 8.28. The first kappa shape index (κ1) is 17.7. The van der Waals surface area contributed by atoms with Gasteiger partial charge in [-0.05, 0) is 42.2 Å². The summed E-state index contributed by atoms with van der Waals surface area (Å²) in [7, 11) is 0. The number of pyridine rings is 1. The molecule has 0 atom stereocenters. The third-order valence-electron chi connectivity index (χ3n) is 6.47. The minimum atomic E-state index is 0.850. The molecule has 0 N–H and O–H groups in total. The summed E-state index contributed by atoms with van der Waals surface area (Å²) in [6.45, 7) is 4.87. The number of hydrogen-bond acceptors (Lipinski definition) is 4. The Morgan fingerprint density at radius 2 is 1.57 bits per heavy atom. The molecule has 2 aromatic heterocycles. The average molecular weight is 396 g/mol. The van der Waals surface area contributed by atoms with Gasteiger partial charge in [-0.3, -0.25) is 9.58 Å². The number of aryl methyl sites for hydroxylation is 2. The number of hydrogen-bond donors (Lipinski definition) is 0. The second-order valence-corrected chi connectivity index (χ2v) is 8.28. The summed E-state index contributed by atoms with van der Waals surface area (Å²) in [6, 6.07) is 21.4. The van der Waals surface area contributed by atoms with Gasteiger partial charge in [0.25, 0.3) is 0 Å². The molecule has 0 amide bonds. The predicted octanol–water partition coefficient (Wildman–Crippen LogP) is 3.98. The van der Waals surface area contributed by atoms with Gasteiger partial charge in [-0.25, -0.2) is 4.98 Å². The molecule has 6 rings (SSSR count). The summed E-state index contributed by atoms with van der Waals surface area (Å²) in [4.78, 5) is 9.77. The first-order chi connectivity index (χ1) is 14.8. The lowest BCUT2D eigenvalue weighted by Crippen LogP contribution is -2.47. The van der Waals surface area contributed by atoms with Crippen LogP contribution in [0.15, 0.2) is 66.9 Å². The zero-order chi connectivity index (χ0) is 19.9. The van der Waals surface area contributed by atoms with Gasteiger partial charge in [0.1, 0.15) is 5.82 Å². The van der Waals surface area contributed by atoms with Gasteiger partial charge in [0, 0.05) is 37.1 Å². The summed E-state index contributed by atoms with van der Waals surface area (Å²) < 4.78 is 2.21. The van der Waals surface area contributed by atoms with Crippen molar-refractivity contribution in [2.45, 2.75) is 19.5 Å². The average Bonchev–Trinajstić information content (AvgIpc) is 3.22. The van der Waals surface area contributed by atoms with Crippen LogP contribution in [0.1, 0.15) is 11.1 Å². The zero-order valence-electron chi connectivity index (χ0n) is 17.0. The molecule has 30 heavy (non-hydrogen) atoms. The quantitative estimate of drug-likeness (QED) is 0.526. The molecule has 3 heterocycles. The van der Waals surface area contributed by atoms with Gasteiger partial charge in [-0.1, -0.05) is 42.5 Å². The summed E-state index contributed by atoms with van der Waals surface area (Å²) in [5, 5.41) is 5.95. The molecule has 1 aliphatic heterocycles. The van der Waals surface area contributed by atoms with Crippen LogP contribution in [0, 0.1) is 0 Å². The maximum absolute atomic E-state index is 4.87. The van der Waals surface area contributed by atoms with Crippen LogP contribution in [0.3, 0.4) is 0 Å². The minimum Gasteiger partial charge on any atom is -0.354 e. The molecule has 4 aromatic rings. The summed E-state index contributed by atoms with van der Waals surface area (Å²) in [6.07, 6.45) is 4.28. The summed E-state index contributed by atoms with van der Waals surface area (Å²) in [5.74, 6) is 1.08. The molecular weight excluding hydrogens is 370 g/mol. The zero-order valence-corrected chi connectivity index (χ0v) is 17.0. The Balaban J connectivity index is 1.17. The molecule has 1 fully saturated rings. The number of piperazine rings is 1. The number of para-hydroxylation sites is 1. The third kappa shape index (κ3) is 3.06. The fourth-order valence-corrected chi connectivity index (χ4v) is 4.80. The Morgan fingerprint density at radius 3 is 2.50 bits per heavy atom. The highest BCUT2D eigenvalue weighted by Gasteiger charge is 2.23. The molecule has 0 spiro atoms. The van der Waals surface area contributed by atoms with Crippen LogP contribution in [-0.2, 0) is 19.5 Å². The third-order valence-corrected chi connectivity index (χ3v) is 6.47. The molecule has 0 unspecified atom stereocenters. The molecule has 1 saturated heterocycles. The number of rotatable bonds is 3. The minimum absolute atomic E-state index is 0.850. The van der Waals surface area contributed by atoms with Crippen molar-refractivity contribution in [1.82, 2.24) is 19.7 Å². The Labute approximate surface area is 176 Å². The first-order valence-electron chi connectivity index (χ1n) is 10.8. The van der Waals surface area contributed by atoms with Gasteiger partial charge in [0.2, 0.25) is 0 Å². The SMILES string of the molecule is c1ccc2c(c1)CCc1cnn(CN3CCN(c4ccc5ccccc5n4)CC3)c1-2. The molecule has 0 saturated carbocycles. The van der Waals surface area contributed by atoms with Crippen molar-refractivity contribution in [3.8, 4) is 11.3 Å². The van der Waals surface area contributed by atoms with Gasteiger partial charge in [0.05, 0.1) is 24.1 Å². The van der Waals surface area contributed by atoms with E-state index in [1.54, 1.807) is 0 Å². The van der Waals surface area contributed by atoms with E-state index >= 15 is 0 Å². The van der Waals surface area contributed by atoms with Crippen LogP contribution in [-0.4, -0.2) is 45.8 Å². The van der Waals surface area contributed by atoms with Crippen molar-refractivity contribution in [3.05, 3.63) is 78.0 Å². The maximum atomic E-state index is 4.87. The van der Waals surface area contributed by atoms with E-state index in [9.17, 15) is 0 Å². The largest absolute Gasteiger partial charge is 0.354 e. The Bertz CT molecular complexity index is 1200. The van der Waals surface area contributed by atoms with Crippen molar-refractivity contribution >= 4 is 16.7 Å². The molecule has 5 nitrogen and oxygen atoms in total. The van der Waals surface area contributed by atoms with E-state index in [-0.39, 0.29) is 0 Å². The molecule has 2 aromatic carbocycles. The van der Waals surface area contributed by atoms with Crippen LogP contribution >= 0.6 is 0 Å². The lowest BCUT2D eigenvalue weighted by molar-refractivity contribution is 0.197. The lowest BCUT2D eigenvalue weighted by Gasteiger charge is -2.35. The smallest absolute Gasteiger partial charge is 0.129 e. The van der Waals surface area contributed by atoms with Crippen molar-refractivity contribution in [3.63, 3.8) is 0 Å². The van der Waals surface area contributed by atoms with Gasteiger partial charge in [0.15, 0.2) is 0 Å². The fraction of sp³-hybridized carbons (Fsp3) is 0.280. The maximum Gasteiger partial charge on any atom is 0.129 e. The van der Waals surface area contributed by atoms with Crippen LogP contribution in [0.2, 0.25) is 0 Å². The van der Waals surface area contributed by atoms with Crippen molar-refractivity contribution in [2.24, 2.45) is 0 Å². The Hall–Kier alpha value is -3.18. The van der Waals surface area contributed by atoms with Crippen LogP contribution < -0.4 is 4.90 Å². The molecule has 1 aliphatic carbocycles. The predicted molar refractivity (Wildman–Crippen MR) is 121 cm³/mol. The van der Waals surface area contributed by atoms with Crippen molar-refractivity contribution in [2.75, 3.05) is 31.1 Å². The second kappa shape index (κ2) is 7.26. The molecule has 2 aliphatic rings. The summed E-state index contributed by atoms with van der Waals surface area (Å²) >= 11 is 0. The fourth-order valence-electron chi connectivity index (χ4n) is 4.80. The molecule has 0 bridgehead atoms. The number of nitrogens with zero attached hydrogens (tertiary/aromatic N) is 5. The topological polar surface area (TPSA) is 37.2 Å². The number of aromatic nitrogens is 3. The Kier molecular flexibility index (Phi) is 4.27. The molecule has 150 valence electrons. The summed E-state index contributed by atoms with van der Waals surface area (Å²) in [5.41, 5.74) is 6.57. The van der Waals surface area contributed by atoms with E-state index in [1.165, 1.54) is 27.8 Å². The van der Waals surface area contributed by atoms with E-state index in [1.807, 2.05) is 0 Å². The highest BCUT2D eigenvalue weighted by atomic mass is 15.4. The highest BCUT2D eigenvalue weighted by molar-refractivity contribution is 5.80. The van der Waals surface area contributed by atoms with Gasteiger partial charge < -0.3 is 4.90 Å². The normalized spacial score (nSPS) is 16.5. The van der Waals surface area contributed by atoms with E-state index in [0.29, 0.717) is 0 Å².